The third-order valence-corrected chi connectivity index (χ3v) is 3.60. The molecule has 3 heteroatoms. The summed E-state index contributed by atoms with van der Waals surface area (Å²) in [5.74, 6) is -0.152. The number of nitrogens with zero attached hydrogens (tertiary/aromatic N) is 1. The standard InChI is InChI=1S/C19H17NO2/c1-20(19(21)16-9-3-2-4-10-16)22-14-17-12-7-11-15-8-5-6-13-18(15)17/h2-13H,14H2,1H3. The van der Waals surface area contributed by atoms with E-state index in [0.29, 0.717) is 12.2 Å². The van der Waals surface area contributed by atoms with Crippen molar-refractivity contribution in [2.45, 2.75) is 6.61 Å². The molecule has 0 spiro atoms. The molecule has 0 bridgehead atoms. The quantitative estimate of drug-likeness (QED) is 0.679. The number of amides is 1. The summed E-state index contributed by atoms with van der Waals surface area (Å²) >= 11 is 0. The Kier molecular flexibility index (Phi) is 4.17. The van der Waals surface area contributed by atoms with Gasteiger partial charge in [-0.2, -0.15) is 0 Å². The van der Waals surface area contributed by atoms with Gasteiger partial charge in [0, 0.05) is 12.6 Å². The lowest BCUT2D eigenvalue weighted by Crippen LogP contribution is -2.26. The molecule has 110 valence electrons. The Balaban J connectivity index is 1.73. The van der Waals surface area contributed by atoms with E-state index in [1.807, 2.05) is 42.5 Å². The zero-order valence-electron chi connectivity index (χ0n) is 12.4. The molecule has 3 nitrogen and oxygen atoms in total. The summed E-state index contributed by atoms with van der Waals surface area (Å²) < 4.78 is 0. The van der Waals surface area contributed by atoms with Crippen LogP contribution in [0.3, 0.4) is 0 Å². The van der Waals surface area contributed by atoms with Crippen LogP contribution in [0.1, 0.15) is 15.9 Å². The lowest BCUT2D eigenvalue weighted by atomic mass is 10.1. The smallest absolute Gasteiger partial charge is 0.267 e. The van der Waals surface area contributed by atoms with Gasteiger partial charge in [0.1, 0.15) is 6.61 Å². The maximum Gasteiger partial charge on any atom is 0.277 e. The molecule has 0 radical (unpaired) electrons. The van der Waals surface area contributed by atoms with E-state index in [2.05, 4.69) is 18.2 Å². The molecule has 0 N–H and O–H groups in total. The highest BCUT2D eigenvalue weighted by Crippen LogP contribution is 2.19. The van der Waals surface area contributed by atoms with Crippen LogP contribution in [-0.2, 0) is 11.4 Å². The molecule has 0 saturated heterocycles. The summed E-state index contributed by atoms with van der Waals surface area (Å²) in [6.07, 6.45) is 0. The first-order valence-electron chi connectivity index (χ1n) is 7.18. The lowest BCUT2D eigenvalue weighted by Gasteiger charge is -2.17. The average Bonchev–Trinajstić information content (AvgIpc) is 2.59. The molecule has 1 amide bonds. The van der Waals surface area contributed by atoms with Gasteiger partial charge in [0.05, 0.1) is 0 Å². The average molecular weight is 291 g/mol. The van der Waals surface area contributed by atoms with Gasteiger partial charge < -0.3 is 0 Å². The molecule has 0 heterocycles. The molecule has 0 fully saturated rings. The fraction of sp³-hybridized carbons (Fsp3) is 0.105. The minimum Gasteiger partial charge on any atom is -0.267 e. The van der Waals surface area contributed by atoms with Crippen LogP contribution in [-0.4, -0.2) is 18.0 Å². The second-order valence-electron chi connectivity index (χ2n) is 5.08. The molecule has 0 aromatic heterocycles. The summed E-state index contributed by atoms with van der Waals surface area (Å²) in [5.41, 5.74) is 1.67. The molecule has 3 aromatic rings. The molecule has 3 rings (SSSR count). The van der Waals surface area contributed by atoms with Crippen LogP contribution in [0.4, 0.5) is 0 Å². The van der Waals surface area contributed by atoms with E-state index in [-0.39, 0.29) is 5.91 Å². The number of carbonyl (C=O) groups excluding carboxylic acids is 1. The number of rotatable bonds is 4. The predicted octanol–water partition coefficient (Wildman–Crippen LogP) is 4.04. The van der Waals surface area contributed by atoms with Gasteiger partial charge >= 0.3 is 0 Å². The van der Waals surface area contributed by atoms with Gasteiger partial charge in [0.15, 0.2) is 0 Å². The van der Waals surface area contributed by atoms with Crippen molar-refractivity contribution < 1.29 is 9.63 Å². The lowest BCUT2D eigenvalue weighted by molar-refractivity contribution is -0.115. The van der Waals surface area contributed by atoms with Crippen molar-refractivity contribution >= 4 is 16.7 Å². The van der Waals surface area contributed by atoms with E-state index < -0.39 is 0 Å². The highest BCUT2D eigenvalue weighted by Gasteiger charge is 2.12. The Morgan fingerprint density at radius 1 is 0.909 bits per heavy atom. The van der Waals surface area contributed by atoms with Crippen molar-refractivity contribution in [3.8, 4) is 0 Å². The van der Waals surface area contributed by atoms with Crippen molar-refractivity contribution in [3.05, 3.63) is 83.9 Å². The molecule has 3 aromatic carbocycles. The summed E-state index contributed by atoms with van der Waals surface area (Å²) in [6, 6.07) is 23.3. The number of hydroxylamine groups is 2. The maximum atomic E-state index is 12.2. The Morgan fingerprint density at radius 2 is 1.59 bits per heavy atom. The van der Waals surface area contributed by atoms with Gasteiger partial charge in [0.25, 0.3) is 5.91 Å². The Hall–Kier alpha value is -2.65. The normalized spacial score (nSPS) is 10.6. The van der Waals surface area contributed by atoms with Crippen LogP contribution in [0.2, 0.25) is 0 Å². The van der Waals surface area contributed by atoms with Gasteiger partial charge in [-0.05, 0) is 28.5 Å². The summed E-state index contributed by atoms with van der Waals surface area (Å²) in [5, 5.41) is 3.60. The van der Waals surface area contributed by atoms with Gasteiger partial charge in [-0.25, -0.2) is 5.06 Å². The van der Waals surface area contributed by atoms with Gasteiger partial charge in [-0.15, -0.1) is 0 Å². The second kappa shape index (κ2) is 6.41. The first-order chi connectivity index (χ1) is 10.8. The second-order valence-corrected chi connectivity index (χ2v) is 5.08. The van der Waals surface area contributed by atoms with E-state index in [9.17, 15) is 4.79 Å². The first-order valence-corrected chi connectivity index (χ1v) is 7.18. The van der Waals surface area contributed by atoms with Crippen molar-refractivity contribution in [1.82, 2.24) is 5.06 Å². The van der Waals surface area contributed by atoms with Gasteiger partial charge in [0.2, 0.25) is 0 Å². The SMILES string of the molecule is CN(OCc1cccc2ccccc12)C(=O)c1ccccc1. The highest BCUT2D eigenvalue weighted by atomic mass is 16.7. The molecule has 0 aliphatic heterocycles. The van der Waals surface area contributed by atoms with E-state index >= 15 is 0 Å². The fourth-order valence-corrected chi connectivity index (χ4v) is 2.41. The number of fused-ring (bicyclic) bond motifs is 1. The van der Waals surface area contributed by atoms with Crippen LogP contribution in [0.5, 0.6) is 0 Å². The van der Waals surface area contributed by atoms with Crippen LogP contribution < -0.4 is 0 Å². The predicted molar refractivity (Wildman–Crippen MR) is 87.3 cm³/mol. The highest BCUT2D eigenvalue weighted by molar-refractivity contribution is 5.93. The third kappa shape index (κ3) is 3.00. The van der Waals surface area contributed by atoms with Crippen LogP contribution >= 0.6 is 0 Å². The van der Waals surface area contributed by atoms with Crippen molar-refractivity contribution in [3.63, 3.8) is 0 Å². The minimum absolute atomic E-state index is 0.152. The molecule has 22 heavy (non-hydrogen) atoms. The van der Waals surface area contributed by atoms with E-state index in [1.165, 1.54) is 10.4 Å². The third-order valence-electron chi connectivity index (χ3n) is 3.60. The van der Waals surface area contributed by atoms with E-state index in [1.54, 1.807) is 19.2 Å². The Labute approximate surface area is 129 Å². The minimum atomic E-state index is -0.152. The van der Waals surface area contributed by atoms with Crippen LogP contribution in [0, 0.1) is 0 Å². The molecule has 0 aliphatic rings. The van der Waals surface area contributed by atoms with Crippen molar-refractivity contribution in [2.24, 2.45) is 0 Å². The number of carbonyl (C=O) groups is 1. The Morgan fingerprint density at radius 3 is 2.41 bits per heavy atom. The molecule has 0 unspecified atom stereocenters. The first kappa shape index (κ1) is 14.3. The molecule has 0 aliphatic carbocycles. The topological polar surface area (TPSA) is 29.5 Å². The molecule has 0 saturated carbocycles. The van der Waals surface area contributed by atoms with Crippen molar-refractivity contribution in [2.75, 3.05) is 7.05 Å². The molecular formula is C19H17NO2. The van der Waals surface area contributed by atoms with E-state index in [0.717, 1.165) is 10.9 Å². The van der Waals surface area contributed by atoms with Crippen LogP contribution in [0.25, 0.3) is 10.8 Å². The largest absolute Gasteiger partial charge is 0.277 e. The summed E-state index contributed by atoms with van der Waals surface area (Å²) in [6.45, 7) is 0.358. The molecular weight excluding hydrogens is 274 g/mol. The zero-order valence-corrected chi connectivity index (χ0v) is 12.4. The van der Waals surface area contributed by atoms with Crippen LogP contribution in [0.15, 0.2) is 72.8 Å². The summed E-state index contributed by atoms with van der Waals surface area (Å²) in [7, 11) is 1.64. The van der Waals surface area contributed by atoms with E-state index in [4.69, 9.17) is 4.84 Å². The number of hydrogen-bond acceptors (Lipinski definition) is 2. The summed E-state index contributed by atoms with van der Waals surface area (Å²) in [4.78, 5) is 17.9. The molecule has 0 atom stereocenters. The van der Waals surface area contributed by atoms with Crippen molar-refractivity contribution in [1.29, 1.82) is 0 Å². The number of hydrogen-bond donors (Lipinski definition) is 0. The van der Waals surface area contributed by atoms with Gasteiger partial charge in [-0.1, -0.05) is 60.7 Å². The zero-order chi connectivity index (χ0) is 15.4. The van der Waals surface area contributed by atoms with Gasteiger partial charge in [-0.3, -0.25) is 9.63 Å². The monoisotopic (exact) mass is 291 g/mol. The maximum absolute atomic E-state index is 12.2. The number of benzene rings is 3. The Bertz CT molecular complexity index is 778. The fourth-order valence-electron chi connectivity index (χ4n) is 2.41.